The summed E-state index contributed by atoms with van der Waals surface area (Å²) in [4.78, 5) is 11.5. The first-order valence-corrected chi connectivity index (χ1v) is 4.60. The summed E-state index contributed by atoms with van der Waals surface area (Å²) in [7, 11) is 1.46. The van der Waals surface area contributed by atoms with Crippen LogP contribution in [0.15, 0.2) is 27.4 Å². The van der Waals surface area contributed by atoms with Gasteiger partial charge in [0.2, 0.25) is 0 Å². The fourth-order valence-corrected chi connectivity index (χ4v) is 1.53. The summed E-state index contributed by atoms with van der Waals surface area (Å²) in [6.07, 6.45) is 0. The summed E-state index contributed by atoms with van der Waals surface area (Å²) >= 11 is 0. The van der Waals surface area contributed by atoms with E-state index in [1.165, 1.54) is 19.2 Å². The van der Waals surface area contributed by atoms with Crippen molar-refractivity contribution >= 4 is 10.8 Å². The molecule has 5 nitrogen and oxygen atoms in total. The Balaban J connectivity index is 2.84. The van der Waals surface area contributed by atoms with Gasteiger partial charge in [0.25, 0.3) is 0 Å². The Morgan fingerprint density at radius 3 is 2.75 bits per heavy atom. The molecule has 5 heteroatoms. The molecular weight excluding hydrogens is 232 g/mol. The maximum Gasteiger partial charge on any atom is 0.347 e. The van der Waals surface area contributed by atoms with E-state index in [9.17, 15) is 9.90 Å². The molecule has 0 unspecified atom stereocenters. The summed E-state index contributed by atoms with van der Waals surface area (Å²) in [5.74, 6) is 0.372. The fraction of sp³-hybridized carbons (Fsp3) is 0.182. The van der Waals surface area contributed by atoms with Gasteiger partial charge in [-0.05, 0) is 17.5 Å². The highest BCUT2D eigenvalue weighted by molar-refractivity contribution is 5.88. The van der Waals surface area contributed by atoms with Crippen molar-refractivity contribution in [1.82, 2.24) is 0 Å². The van der Waals surface area contributed by atoms with Crippen LogP contribution in [0.1, 0.15) is 5.76 Å². The summed E-state index contributed by atoms with van der Waals surface area (Å²) in [5, 5.41) is 19.1. The first-order chi connectivity index (χ1) is 7.65. The van der Waals surface area contributed by atoms with Crippen LogP contribution >= 0.6 is 0 Å². The summed E-state index contributed by atoms with van der Waals surface area (Å²) in [5.41, 5.74) is -0.679. The van der Waals surface area contributed by atoms with E-state index in [1.54, 1.807) is 6.07 Å². The van der Waals surface area contributed by atoms with Gasteiger partial charge in [0.05, 0.1) is 7.11 Å². The molecule has 0 amide bonds. The van der Waals surface area contributed by atoms with Gasteiger partial charge in [-0.1, -0.05) is 0 Å². The van der Waals surface area contributed by atoms with Crippen LogP contribution in [0.25, 0.3) is 10.8 Å². The molecule has 1 heterocycles. The maximum absolute atomic E-state index is 11.5. The minimum absolute atomic E-state index is 0.0815. The van der Waals surface area contributed by atoms with Gasteiger partial charge in [-0.25, -0.2) is 4.79 Å². The topological polar surface area (TPSA) is 79.9 Å². The molecule has 0 bridgehead atoms. The van der Waals surface area contributed by atoms with E-state index in [-0.39, 0.29) is 23.5 Å². The van der Waals surface area contributed by atoms with Crippen molar-refractivity contribution < 1.29 is 19.4 Å². The van der Waals surface area contributed by atoms with Crippen LogP contribution in [-0.2, 0) is 6.61 Å². The van der Waals surface area contributed by atoms with Crippen LogP contribution in [-0.4, -0.2) is 17.3 Å². The normalized spacial score (nSPS) is 10.6. The Morgan fingerprint density at radius 2 is 2.12 bits per heavy atom. The largest absolute Gasteiger partial charge is 0.507 e. The van der Waals surface area contributed by atoms with Gasteiger partial charge in [-0.2, -0.15) is 0 Å². The lowest BCUT2D eigenvalue weighted by atomic mass is 11.7. The monoisotopic (exact) mass is 242 g/mol. The van der Waals surface area contributed by atoms with Crippen molar-refractivity contribution in [1.29, 1.82) is 0 Å². The van der Waals surface area contributed by atoms with E-state index >= 15 is 0 Å². The Hall–Kier alpha value is -2.01. The number of benzene rings is 1. The average molecular weight is 242 g/mol. The number of aliphatic hydroxyl groups is 1. The standard InChI is InChI=1S/C11H10O5/c1-15-7-2-6-3-8(5-12)16-11(14)10(6)9(13)4-7/h2-4,12-13H,5H2,1H3/i2+2,3+2,4+2,5+2,6+2,7+2,8+2,9+2,10+2,11+2. The third-order valence-electron chi connectivity index (χ3n) is 2.26. The molecule has 84 valence electrons. The second-order valence-corrected chi connectivity index (χ2v) is 3.27. The van der Waals surface area contributed by atoms with Crippen LogP contribution < -0.4 is 10.4 Å². The Labute approximate surface area is 90.5 Å². The lowest BCUT2D eigenvalue weighted by Gasteiger charge is -2.05. The van der Waals surface area contributed by atoms with Gasteiger partial charge in [0.15, 0.2) is 0 Å². The van der Waals surface area contributed by atoms with Crippen LogP contribution in [0.3, 0.4) is 0 Å². The summed E-state index contributed by atoms with van der Waals surface area (Å²) in [6.45, 7) is -0.372. The zero-order chi connectivity index (χ0) is 11.7. The van der Waals surface area contributed by atoms with Crippen molar-refractivity contribution in [2.45, 2.75) is 6.61 Å². The van der Waals surface area contributed by atoms with Crippen LogP contribution in [0.2, 0.25) is 0 Å². The zero-order valence-electron chi connectivity index (χ0n) is 8.56. The van der Waals surface area contributed by atoms with Gasteiger partial charge in [0, 0.05) is 6.07 Å². The molecule has 2 rings (SSSR count). The second-order valence-electron chi connectivity index (χ2n) is 3.27. The number of phenols is 1. The van der Waals surface area contributed by atoms with Crippen LogP contribution in [0, 0.1) is 0 Å². The quantitative estimate of drug-likeness (QED) is 0.821. The molecule has 2 aromatic rings. The molecule has 2 N–H and O–H groups in total. The molecule has 1 aromatic heterocycles. The third kappa shape index (κ3) is 1.61. The van der Waals surface area contributed by atoms with Gasteiger partial charge in [0.1, 0.15) is 29.3 Å². The summed E-state index contributed by atoms with van der Waals surface area (Å²) in [6, 6.07) is 4.40. The molecule has 0 saturated heterocycles. The lowest BCUT2D eigenvalue weighted by Crippen LogP contribution is -2.02. The number of phenolic OH excluding ortho intramolecular Hbond substituents is 1. The number of rotatable bonds is 2. The average Bonchev–Trinajstić information content (AvgIpc) is 2.27. The van der Waals surface area contributed by atoms with Crippen molar-refractivity contribution in [3.8, 4) is 11.5 Å². The minimum atomic E-state index is -0.679. The molecule has 16 heavy (non-hydrogen) atoms. The number of hydrogen-bond donors (Lipinski definition) is 2. The van der Waals surface area contributed by atoms with E-state index in [4.69, 9.17) is 14.3 Å². The number of hydrogen-bond acceptors (Lipinski definition) is 5. The molecule has 0 radical (unpaired) electrons. The molecule has 0 aliphatic rings. The third-order valence-corrected chi connectivity index (χ3v) is 2.26. The number of fused-ring (bicyclic) bond motifs is 1. The van der Waals surface area contributed by atoms with Gasteiger partial charge < -0.3 is 19.4 Å². The van der Waals surface area contributed by atoms with Crippen molar-refractivity contribution in [2.75, 3.05) is 7.11 Å². The summed E-state index contributed by atoms with van der Waals surface area (Å²) < 4.78 is 9.75. The molecule has 0 fully saturated rings. The number of aromatic hydroxyl groups is 1. The maximum atomic E-state index is 11.5. The van der Waals surface area contributed by atoms with E-state index in [0.717, 1.165) is 0 Å². The van der Waals surface area contributed by atoms with E-state index in [1.807, 2.05) is 0 Å². The Bertz CT molecular complexity index is 579. The number of aliphatic hydroxyl groups excluding tert-OH is 1. The first-order valence-electron chi connectivity index (χ1n) is 4.60. The van der Waals surface area contributed by atoms with Crippen LogP contribution in [0.4, 0.5) is 0 Å². The van der Waals surface area contributed by atoms with Crippen molar-refractivity contribution in [2.24, 2.45) is 0 Å². The highest BCUT2D eigenvalue weighted by Gasteiger charge is 2.10. The van der Waals surface area contributed by atoms with Gasteiger partial charge in [-0.15, -0.1) is 0 Å². The first kappa shape index (κ1) is 10.5. The molecule has 0 atom stereocenters. The lowest BCUT2D eigenvalue weighted by molar-refractivity contribution is 0.241. The molecule has 0 spiro atoms. The van der Waals surface area contributed by atoms with Gasteiger partial charge in [-0.3, -0.25) is 0 Å². The number of methoxy groups -OCH3 is 1. The highest BCUT2D eigenvalue weighted by Crippen LogP contribution is 2.28. The second kappa shape index (κ2) is 3.86. The molecular formula is C11H10O5. The van der Waals surface area contributed by atoms with Gasteiger partial charge >= 0.3 is 5.63 Å². The van der Waals surface area contributed by atoms with Crippen LogP contribution in [0.5, 0.6) is 11.5 Å². The predicted molar refractivity (Wildman–Crippen MR) is 56.6 cm³/mol. The molecule has 0 aliphatic carbocycles. The molecule has 1 aromatic carbocycles. The number of ether oxygens (including phenoxy) is 1. The SMILES string of the molecule is CO[14c]1[14cH][14c](O)[14c]2[14c](=O)o[14c]([14CH2]O)[14cH][14c]2[14cH]1. The van der Waals surface area contributed by atoms with Crippen molar-refractivity contribution in [3.63, 3.8) is 0 Å². The molecule has 0 aliphatic heterocycles. The predicted octanol–water partition coefficient (Wildman–Crippen LogP) is 0.999. The smallest absolute Gasteiger partial charge is 0.347 e. The Morgan fingerprint density at radius 1 is 1.38 bits per heavy atom. The Kier molecular flexibility index (Phi) is 2.54. The van der Waals surface area contributed by atoms with E-state index in [2.05, 4.69) is 0 Å². The fourth-order valence-electron chi connectivity index (χ4n) is 1.53. The van der Waals surface area contributed by atoms with Crippen molar-refractivity contribution in [3.05, 3.63) is 34.4 Å². The highest BCUT2D eigenvalue weighted by atomic mass is 16.8. The zero-order valence-corrected chi connectivity index (χ0v) is 8.56. The minimum Gasteiger partial charge on any atom is -0.507 e. The van der Waals surface area contributed by atoms with E-state index in [0.29, 0.717) is 11.1 Å². The van der Waals surface area contributed by atoms with E-state index < -0.39 is 5.63 Å². The molecule has 0 saturated carbocycles.